The minimum absolute atomic E-state index is 0. The molecule has 1 aromatic rings. The van der Waals surface area contributed by atoms with Gasteiger partial charge in [0.1, 0.15) is 5.75 Å². The van der Waals surface area contributed by atoms with Gasteiger partial charge in [-0.2, -0.15) is 0 Å². The highest BCUT2D eigenvalue weighted by Crippen LogP contribution is 2.30. The first-order valence-corrected chi connectivity index (χ1v) is 11.9. The molecule has 7 nitrogen and oxygen atoms in total. The van der Waals surface area contributed by atoms with E-state index >= 15 is 0 Å². The summed E-state index contributed by atoms with van der Waals surface area (Å²) in [6.07, 6.45) is 6.14. The summed E-state index contributed by atoms with van der Waals surface area (Å²) in [5.41, 5.74) is 1.16. The van der Waals surface area contributed by atoms with Crippen LogP contribution in [-0.2, 0) is 11.3 Å². The number of carbonyl (C=O) groups is 1. The van der Waals surface area contributed by atoms with E-state index in [1.165, 1.54) is 19.3 Å². The molecule has 32 heavy (non-hydrogen) atoms. The van der Waals surface area contributed by atoms with E-state index in [4.69, 9.17) is 4.74 Å². The van der Waals surface area contributed by atoms with Crippen molar-refractivity contribution in [2.45, 2.75) is 38.6 Å². The predicted molar refractivity (Wildman–Crippen MR) is 139 cm³/mol. The molecule has 1 saturated carbocycles. The first-order valence-electron chi connectivity index (χ1n) is 11.9. The molecule has 1 aromatic carbocycles. The van der Waals surface area contributed by atoms with Gasteiger partial charge in [-0.25, -0.2) is 0 Å². The van der Waals surface area contributed by atoms with Crippen molar-refractivity contribution in [2.24, 2.45) is 10.9 Å². The lowest BCUT2D eigenvalue weighted by Gasteiger charge is -2.37. The molecule has 0 atom stereocenters. The number of piperidine rings is 1. The molecule has 0 aromatic heterocycles. The van der Waals surface area contributed by atoms with Crippen LogP contribution >= 0.6 is 24.0 Å². The van der Waals surface area contributed by atoms with Crippen molar-refractivity contribution < 1.29 is 9.53 Å². The molecule has 0 spiro atoms. The number of hydrogen-bond donors (Lipinski definition) is 1. The summed E-state index contributed by atoms with van der Waals surface area (Å²) in [7, 11) is 1.84. The zero-order chi connectivity index (χ0) is 21.5. The van der Waals surface area contributed by atoms with Crippen LogP contribution in [0, 0.1) is 5.92 Å². The number of nitrogens with one attached hydrogen (secondary N) is 1. The Kier molecular flexibility index (Phi) is 9.90. The zero-order valence-electron chi connectivity index (χ0n) is 19.3. The Hall–Kier alpha value is -1.55. The lowest BCUT2D eigenvalue weighted by molar-refractivity contribution is -0.133. The molecule has 1 N–H and O–H groups in total. The van der Waals surface area contributed by atoms with Crippen LogP contribution in [0.4, 0.5) is 0 Å². The van der Waals surface area contributed by atoms with Gasteiger partial charge in [-0.3, -0.25) is 14.7 Å². The number of rotatable bonds is 7. The third-order valence-electron chi connectivity index (χ3n) is 6.53. The lowest BCUT2D eigenvalue weighted by Crippen LogP contribution is -2.54. The van der Waals surface area contributed by atoms with Gasteiger partial charge in [0.15, 0.2) is 5.96 Å². The quantitative estimate of drug-likeness (QED) is 0.319. The largest absolute Gasteiger partial charge is 0.493 e. The van der Waals surface area contributed by atoms with Gasteiger partial charge in [0.2, 0.25) is 5.91 Å². The van der Waals surface area contributed by atoms with Crippen molar-refractivity contribution in [3.05, 3.63) is 29.8 Å². The number of carbonyl (C=O) groups excluding carboxylic acids is 1. The molecule has 178 valence electrons. The summed E-state index contributed by atoms with van der Waals surface area (Å²) < 4.78 is 6.04. The monoisotopic (exact) mass is 555 g/mol. The smallest absolute Gasteiger partial charge is 0.236 e. The van der Waals surface area contributed by atoms with Crippen molar-refractivity contribution in [2.75, 3.05) is 59.5 Å². The molecular formula is C24H38IN5O2. The first kappa shape index (κ1) is 25.1. The van der Waals surface area contributed by atoms with E-state index in [-0.39, 0.29) is 24.0 Å². The van der Waals surface area contributed by atoms with E-state index in [9.17, 15) is 4.79 Å². The molecule has 2 aliphatic heterocycles. The van der Waals surface area contributed by atoms with Crippen LogP contribution in [0.25, 0.3) is 0 Å². The second kappa shape index (κ2) is 12.6. The molecular weight excluding hydrogens is 517 g/mol. The van der Waals surface area contributed by atoms with Gasteiger partial charge >= 0.3 is 0 Å². The number of aliphatic imine (C=N–C) groups is 1. The molecule has 4 rings (SSSR count). The van der Waals surface area contributed by atoms with Gasteiger partial charge in [0.25, 0.3) is 0 Å². The van der Waals surface area contributed by atoms with E-state index in [1.54, 1.807) is 0 Å². The van der Waals surface area contributed by atoms with Crippen LogP contribution in [0.2, 0.25) is 0 Å². The molecule has 3 aliphatic rings. The summed E-state index contributed by atoms with van der Waals surface area (Å²) >= 11 is 0. The lowest BCUT2D eigenvalue weighted by atomic mass is 10.1. The molecule has 0 unspecified atom stereocenters. The fourth-order valence-electron chi connectivity index (χ4n) is 4.34. The summed E-state index contributed by atoms with van der Waals surface area (Å²) in [6, 6.07) is 8.26. The standard InChI is InChI=1S/C24H37N5O2.HI/c1-25-24(26-17-21-7-3-4-8-22(21)31-19-20-9-10-20)29-15-13-27(14-16-29)18-23(30)28-11-5-2-6-12-28;/h3-4,7-8,20H,2,5-6,9-19H2,1H3,(H,25,26);1H. The number of ether oxygens (including phenoxy) is 1. The van der Waals surface area contributed by atoms with Crippen molar-refractivity contribution in [1.82, 2.24) is 20.0 Å². The van der Waals surface area contributed by atoms with Crippen LogP contribution in [0.3, 0.4) is 0 Å². The highest BCUT2D eigenvalue weighted by Gasteiger charge is 2.24. The molecule has 0 bridgehead atoms. The van der Waals surface area contributed by atoms with E-state index in [1.807, 2.05) is 18.0 Å². The van der Waals surface area contributed by atoms with Crippen LogP contribution in [0.15, 0.2) is 29.3 Å². The second-order valence-corrected chi connectivity index (χ2v) is 8.97. The molecule has 3 fully saturated rings. The topological polar surface area (TPSA) is 60.4 Å². The molecule has 1 amide bonds. The van der Waals surface area contributed by atoms with Crippen molar-refractivity contribution >= 4 is 35.8 Å². The van der Waals surface area contributed by atoms with Gasteiger partial charge in [-0.15, -0.1) is 24.0 Å². The number of halogens is 1. The fourth-order valence-corrected chi connectivity index (χ4v) is 4.34. The Morgan fingerprint density at radius 2 is 1.75 bits per heavy atom. The predicted octanol–water partition coefficient (Wildman–Crippen LogP) is 2.80. The Morgan fingerprint density at radius 1 is 1.03 bits per heavy atom. The molecule has 8 heteroatoms. The number of hydrogen-bond acceptors (Lipinski definition) is 4. The van der Waals surface area contributed by atoms with Gasteiger partial charge < -0.3 is 19.9 Å². The number of piperazine rings is 1. The number of para-hydroxylation sites is 1. The fraction of sp³-hybridized carbons (Fsp3) is 0.667. The van der Waals surface area contributed by atoms with Crippen molar-refractivity contribution in [3.8, 4) is 5.75 Å². The number of amides is 1. The minimum Gasteiger partial charge on any atom is -0.493 e. The highest BCUT2D eigenvalue weighted by atomic mass is 127. The molecule has 1 aliphatic carbocycles. The van der Waals surface area contributed by atoms with E-state index in [0.717, 1.165) is 81.9 Å². The Morgan fingerprint density at radius 3 is 2.44 bits per heavy atom. The van der Waals surface area contributed by atoms with Gasteiger partial charge in [-0.1, -0.05) is 18.2 Å². The second-order valence-electron chi connectivity index (χ2n) is 8.97. The van der Waals surface area contributed by atoms with Gasteiger partial charge in [-0.05, 0) is 44.1 Å². The van der Waals surface area contributed by atoms with Crippen LogP contribution in [0.5, 0.6) is 5.75 Å². The molecule has 0 radical (unpaired) electrons. The highest BCUT2D eigenvalue weighted by molar-refractivity contribution is 14.0. The number of guanidine groups is 1. The maximum absolute atomic E-state index is 12.6. The molecule has 2 heterocycles. The van der Waals surface area contributed by atoms with Crippen LogP contribution < -0.4 is 10.1 Å². The maximum atomic E-state index is 12.6. The zero-order valence-corrected chi connectivity index (χ0v) is 21.6. The Labute approximate surface area is 209 Å². The number of nitrogens with zero attached hydrogens (tertiary/aromatic N) is 4. The third kappa shape index (κ3) is 7.23. The summed E-state index contributed by atoms with van der Waals surface area (Å²) in [4.78, 5) is 23.7. The van der Waals surface area contributed by atoms with Gasteiger partial charge in [0, 0.05) is 58.4 Å². The summed E-state index contributed by atoms with van der Waals surface area (Å²) in [5, 5.41) is 3.51. The number of benzene rings is 1. The van der Waals surface area contributed by atoms with E-state index < -0.39 is 0 Å². The first-order chi connectivity index (χ1) is 15.2. The van der Waals surface area contributed by atoms with E-state index in [2.05, 4.69) is 38.3 Å². The number of likely N-dealkylation sites (tertiary alicyclic amines) is 1. The van der Waals surface area contributed by atoms with Crippen molar-refractivity contribution in [1.29, 1.82) is 0 Å². The normalized spacial score (nSPS) is 20.0. The Balaban J connectivity index is 0.00000289. The van der Waals surface area contributed by atoms with Crippen LogP contribution in [-0.4, -0.2) is 86.0 Å². The average molecular weight is 556 g/mol. The van der Waals surface area contributed by atoms with Crippen LogP contribution in [0.1, 0.15) is 37.7 Å². The SMILES string of the molecule is CN=C(NCc1ccccc1OCC1CC1)N1CCN(CC(=O)N2CCCCC2)CC1.I. The summed E-state index contributed by atoms with van der Waals surface area (Å²) in [5.74, 6) is 2.92. The van der Waals surface area contributed by atoms with Gasteiger partial charge in [0.05, 0.1) is 13.2 Å². The van der Waals surface area contributed by atoms with E-state index in [0.29, 0.717) is 19.0 Å². The third-order valence-corrected chi connectivity index (χ3v) is 6.53. The maximum Gasteiger partial charge on any atom is 0.236 e. The minimum atomic E-state index is 0. The average Bonchev–Trinajstić information content (AvgIpc) is 3.65. The van der Waals surface area contributed by atoms with Crippen molar-refractivity contribution in [3.63, 3.8) is 0 Å². The Bertz CT molecular complexity index is 757. The summed E-state index contributed by atoms with van der Waals surface area (Å²) in [6.45, 7) is 7.47. The molecule has 2 saturated heterocycles.